The van der Waals surface area contributed by atoms with Crippen LogP contribution in [-0.4, -0.2) is 5.78 Å². The molecule has 0 N–H and O–H groups in total. The first-order valence-corrected chi connectivity index (χ1v) is 5.62. The standard InChI is InChI=1S/C14H16O/c15-14-11-5-10-13(14)9-4-8-12-6-2-1-3-7-12/h1-3,6-7,9H,4-5,8,10-11H2/b13-9-. The van der Waals surface area contributed by atoms with Crippen molar-refractivity contribution in [2.24, 2.45) is 0 Å². The summed E-state index contributed by atoms with van der Waals surface area (Å²) < 4.78 is 0. The number of ketones is 1. The molecule has 2 rings (SSSR count). The van der Waals surface area contributed by atoms with E-state index in [0.29, 0.717) is 5.78 Å². The van der Waals surface area contributed by atoms with Crippen LogP contribution < -0.4 is 0 Å². The number of carbonyl (C=O) groups excluding carboxylic acids is 1. The fourth-order valence-electron chi connectivity index (χ4n) is 2.01. The fourth-order valence-corrected chi connectivity index (χ4v) is 2.01. The SMILES string of the molecule is O=C1CCC/C1=C/CCc1ccccc1. The summed E-state index contributed by atoms with van der Waals surface area (Å²) in [6.07, 6.45) is 6.96. The van der Waals surface area contributed by atoms with E-state index in [-0.39, 0.29) is 0 Å². The van der Waals surface area contributed by atoms with E-state index in [1.165, 1.54) is 5.56 Å². The molecule has 1 aromatic carbocycles. The molecule has 1 nitrogen and oxygen atoms in total. The van der Waals surface area contributed by atoms with Gasteiger partial charge in [0.25, 0.3) is 0 Å². The number of Topliss-reactive ketones (excluding diaryl/α,β-unsaturated/α-hetero) is 1. The maximum absolute atomic E-state index is 11.3. The quantitative estimate of drug-likeness (QED) is 0.684. The van der Waals surface area contributed by atoms with E-state index in [2.05, 4.69) is 30.3 Å². The second-order valence-corrected chi connectivity index (χ2v) is 4.03. The topological polar surface area (TPSA) is 17.1 Å². The zero-order valence-corrected chi connectivity index (χ0v) is 8.91. The molecule has 78 valence electrons. The van der Waals surface area contributed by atoms with Gasteiger partial charge in [-0.15, -0.1) is 0 Å². The van der Waals surface area contributed by atoms with Crippen LogP contribution in [-0.2, 0) is 11.2 Å². The van der Waals surface area contributed by atoms with Crippen molar-refractivity contribution in [3.05, 3.63) is 47.5 Å². The largest absolute Gasteiger partial charge is 0.295 e. The molecular formula is C14H16O. The van der Waals surface area contributed by atoms with Crippen molar-refractivity contribution in [1.82, 2.24) is 0 Å². The van der Waals surface area contributed by atoms with Gasteiger partial charge in [0, 0.05) is 6.42 Å². The average molecular weight is 200 g/mol. The van der Waals surface area contributed by atoms with Crippen LogP contribution in [0.5, 0.6) is 0 Å². The monoisotopic (exact) mass is 200 g/mol. The third-order valence-corrected chi connectivity index (χ3v) is 2.87. The van der Waals surface area contributed by atoms with Crippen LogP contribution >= 0.6 is 0 Å². The predicted molar refractivity (Wildman–Crippen MR) is 61.7 cm³/mol. The van der Waals surface area contributed by atoms with E-state index in [4.69, 9.17) is 0 Å². The molecule has 1 aliphatic carbocycles. The van der Waals surface area contributed by atoms with Crippen molar-refractivity contribution >= 4 is 5.78 Å². The Hall–Kier alpha value is -1.37. The summed E-state index contributed by atoms with van der Waals surface area (Å²) in [4.78, 5) is 11.3. The highest BCUT2D eigenvalue weighted by Gasteiger charge is 2.15. The molecule has 15 heavy (non-hydrogen) atoms. The van der Waals surface area contributed by atoms with Gasteiger partial charge in [0.1, 0.15) is 0 Å². The van der Waals surface area contributed by atoms with Crippen LogP contribution in [0.25, 0.3) is 0 Å². The molecule has 0 atom stereocenters. The molecule has 0 bridgehead atoms. The second kappa shape index (κ2) is 4.92. The van der Waals surface area contributed by atoms with Gasteiger partial charge < -0.3 is 0 Å². The van der Waals surface area contributed by atoms with Gasteiger partial charge in [0.2, 0.25) is 0 Å². The molecular weight excluding hydrogens is 184 g/mol. The number of aryl methyl sites for hydroxylation is 1. The van der Waals surface area contributed by atoms with Gasteiger partial charge in [0.15, 0.2) is 5.78 Å². The minimum Gasteiger partial charge on any atom is -0.295 e. The minimum absolute atomic E-state index is 0.364. The lowest BCUT2D eigenvalue weighted by Crippen LogP contribution is -1.92. The van der Waals surface area contributed by atoms with E-state index in [1.54, 1.807) is 0 Å². The first-order chi connectivity index (χ1) is 7.36. The summed E-state index contributed by atoms with van der Waals surface area (Å²) in [5.41, 5.74) is 2.41. The third kappa shape index (κ3) is 2.79. The van der Waals surface area contributed by atoms with Gasteiger partial charge in [-0.1, -0.05) is 36.4 Å². The van der Waals surface area contributed by atoms with Crippen molar-refractivity contribution in [3.8, 4) is 0 Å². The zero-order valence-electron chi connectivity index (χ0n) is 8.91. The third-order valence-electron chi connectivity index (χ3n) is 2.87. The first-order valence-electron chi connectivity index (χ1n) is 5.62. The lowest BCUT2D eigenvalue weighted by Gasteiger charge is -1.98. The predicted octanol–water partition coefficient (Wildman–Crippen LogP) is 3.30. The number of carbonyl (C=O) groups is 1. The first kappa shape index (κ1) is 10.2. The molecule has 0 saturated heterocycles. The van der Waals surface area contributed by atoms with Crippen LogP contribution in [0.4, 0.5) is 0 Å². The summed E-state index contributed by atoms with van der Waals surface area (Å²) in [5, 5.41) is 0. The van der Waals surface area contributed by atoms with Crippen molar-refractivity contribution < 1.29 is 4.79 Å². The normalized spacial score (nSPS) is 18.7. The van der Waals surface area contributed by atoms with Gasteiger partial charge >= 0.3 is 0 Å². The van der Waals surface area contributed by atoms with E-state index in [0.717, 1.165) is 37.7 Å². The number of allylic oxidation sites excluding steroid dienone is 2. The summed E-state index contributed by atoms with van der Waals surface area (Å²) >= 11 is 0. The maximum Gasteiger partial charge on any atom is 0.158 e. The maximum atomic E-state index is 11.3. The van der Waals surface area contributed by atoms with Crippen LogP contribution in [0.2, 0.25) is 0 Å². The molecule has 1 heteroatoms. The lowest BCUT2D eigenvalue weighted by molar-refractivity contribution is -0.114. The number of hydrogen-bond donors (Lipinski definition) is 0. The molecule has 0 aromatic heterocycles. The average Bonchev–Trinajstić information content (AvgIpc) is 2.66. The Balaban J connectivity index is 1.87. The van der Waals surface area contributed by atoms with Crippen molar-refractivity contribution in [3.63, 3.8) is 0 Å². The summed E-state index contributed by atoms with van der Waals surface area (Å²) in [5.74, 6) is 0.364. The Bertz CT molecular complexity index is 362. The van der Waals surface area contributed by atoms with Gasteiger partial charge in [-0.2, -0.15) is 0 Å². The van der Waals surface area contributed by atoms with E-state index in [1.807, 2.05) is 6.07 Å². The molecule has 0 radical (unpaired) electrons. The molecule has 0 aliphatic heterocycles. The van der Waals surface area contributed by atoms with E-state index >= 15 is 0 Å². The van der Waals surface area contributed by atoms with Crippen LogP contribution in [0.3, 0.4) is 0 Å². The Morgan fingerprint density at radius 2 is 1.93 bits per heavy atom. The van der Waals surface area contributed by atoms with Gasteiger partial charge in [-0.3, -0.25) is 4.79 Å². The Morgan fingerprint density at radius 1 is 1.13 bits per heavy atom. The second-order valence-electron chi connectivity index (χ2n) is 4.03. The number of rotatable bonds is 3. The highest BCUT2D eigenvalue weighted by molar-refractivity contribution is 5.97. The van der Waals surface area contributed by atoms with Crippen molar-refractivity contribution in [2.75, 3.05) is 0 Å². The van der Waals surface area contributed by atoms with E-state index in [9.17, 15) is 4.79 Å². The zero-order chi connectivity index (χ0) is 10.5. The van der Waals surface area contributed by atoms with E-state index < -0.39 is 0 Å². The number of hydrogen-bond acceptors (Lipinski definition) is 1. The van der Waals surface area contributed by atoms with Crippen molar-refractivity contribution in [1.29, 1.82) is 0 Å². The van der Waals surface area contributed by atoms with Crippen molar-refractivity contribution in [2.45, 2.75) is 32.1 Å². The Labute approximate surface area is 90.8 Å². The molecule has 1 aliphatic rings. The molecule has 0 unspecified atom stereocenters. The summed E-state index contributed by atoms with van der Waals surface area (Å²) in [6.45, 7) is 0. The summed E-state index contributed by atoms with van der Waals surface area (Å²) in [7, 11) is 0. The molecule has 1 saturated carbocycles. The molecule has 1 fully saturated rings. The molecule has 0 heterocycles. The molecule has 1 aromatic rings. The highest BCUT2D eigenvalue weighted by atomic mass is 16.1. The van der Waals surface area contributed by atoms with Gasteiger partial charge in [-0.25, -0.2) is 0 Å². The van der Waals surface area contributed by atoms with Gasteiger partial charge in [0.05, 0.1) is 0 Å². The minimum atomic E-state index is 0.364. The Morgan fingerprint density at radius 3 is 2.60 bits per heavy atom. The van der Waals surface area contributed by atoms with Crippen LogP contribution in [0.1, 0.15) is 31.2 Å². The Kier molecular flexibility index (Phi) is 3.33. The smallest absolute Gasteiger partial charge is 0.158 e. The highest BCUT2D eigenvalue weighted by Crippen LogP contribution is 2.20. The fraction of sp³-hybridized carbons (Fsp3) is 0.357. The summed E-state index contributed by atoms with van der Waals surface area (Å²) in [6, 6.07) is 10.4. The van der Waals surface area contributed by atoms with Gasteiger partial charge in [-0.05, 0) is 36.8 Å². The molecule has 0 spiro atoms. The lowest BCUT2D eigenvalue weighted by atomic mass is 10.1. The van der Waals surface area contributed by atoms with Crippen LogP contribution in [0, 0.1) is 0 Å². The number of benzene rings is 1. The molecule has 0 amide bonds. The van der Waals surface area contributed by atoms with Crippen LogP contribution in [0.15, 0.2) is 42.0 Å².